The number of carbonyl (C=O) groups is 1. The predicted molar refractivity (Wildman–Crippen MR) is 69.3 cm³/mol. The molecular weight excluding hydrogens is 300 g/mol. The second-order valence-electron chi connectivity index (χ2n) is 3.51. The van der Waals surface area contributed by atoms with E-state index < -0.39 is 5.97 Å². The molecule has 2 aromatic rings. The van der Waals surface area contributed by atoms with Crippen LogP contribution in [0.5, 0.6) is 0 Å². The number of rotatable bonds is 4. The third-order valence-corrected chi connectivity index (χ3v) is 2.74. The van der Waals surface area contributed by atoms with Gasteiger partial charge in [-0.3, -0.25) is 4.98 Å². The van der Waals surface area contributed by atoms with Crippen molar-refractivity contribution >= 4 is 27.6 Å². The van der Waals surface area contributed by atoms with Gasteiger partial charge in [0, 0.05) is 22.8 Å². The fourth-order valence-corrected chi connectivity index (χ4v) is 1.82. The van der Waals surface area contributed by atoms with Crippen molar-refractivity contribution in [3.8, 4) is 0 Å². The van der Waals surface area contributed by atoms with Crippen LogP contribution in [0, 0.1) is 0 Å². The predicted octanol–water partition coefficient (Wildman–Crippen LogP) is 2.84. The van der Waals surface area contributed by atoms with Crippen molar-refractivity contribution in [3.63, 3.8) is 0 Å². The highest BCUT2D eigenvalue weighted by atomic mass is 79.9. The molecule has 1 N–H and O–H groups in total. The Hall–Kier alpha value is -1.82. The lowest BCUT2D eigenvalue weighted by Gasteiger charge is -2.05. The van der Waals surface area contributed by atoms with E-state index in [4.69, 9.17) is 4.42 Å². The minimum Gasteiger partial charge on any atom is -0.463 e. The number of ether oxygens (including phenoxy) is 1. The summed E-state index contributed by atoms with van der Waals surface area (Å²) >= 11 is 3.33. The molecule has 0 radical (unpaired) electrons. The first-order chi connectivity index (χ1) is 8.70. The summed E-state index contributed by atoms with van der Waals surface area (Å²) in [5.41, 5.74) is 1.59. The number of pyridine rings is 1. The second-order valence-corrected chi connectivity index (χ2v) is 4.43. The number of hydrogen-bond acceptors (Lipinski definition) is 5. The van der Waals surface area contributed by atoms with E-state index in [-0.39, 0.29) is 5.76 Å². The highest BCUT2D eigenvalue weighted by Gasteiger charge is 2.15. The summed E-state index contributed by atoms with van der Waals surface area (Å²) in [4.78, 5) is 15.4. The molecule has 0 saturated carbocycles. The van der Waals surface area contributed by atoms with E-state index in [0.29, 0.717) is 6.54 Å². The Bertz CT molecular complexity index is 554. The van der Waals surface area contributed by atoms with Crippen LogP contribution in [-0.2, 0) is 11.3 Å². The molecule has 0 spiro atoms. The monoisotopic (exact) mass is 310 g/mol. The summed E-state index contributed by atoms with van der Waals surface area (Å²) in [6, 6.07) is 3.62. The molecule has 0 aliphatic rings. The van der Waals surface area contributed by atoms with Crippen molar-refractivity contribution < 1.29 is 13.9 Å². The lowest BCUT2D eigenvalue weighted by atomic mass is 10.2. The number of hydrogen-bond donors (Lipinski definition) is 1. The van der Waals surface area contributed by atoms with E-state index in [9.17, 15) is 4.79 Å². The summed E-state index contributed by atoms with van der Waals surface area (Å²) in [5, 5.41) is 3.15. The maximum Gasteiger partial charge on any atom is 0.374 e. The van der Waals surface area contributed by atoms with Crippen LogP contribution in [0.3, 0.4) is 0 Å². The van der Waals surface area contributed by atoms with E-state index >= 15 is 0 Å². The minimum absolute atomic E-state index is 0.216. The Morgan fingerprint density at radius 2 is 2.39 bits per heavy atom. The third-order valence-electron chi connectivity index (χ3n) is 2.31. The molecule has 2 rings (SSSR count). The van der Waals surface area contributed by atoms with Gasteiger partial charge in [0.2, 0.25) is 5.76 Å². The van der Waals surface area contributed by atoms with Gasteiger partial charge in [0.05, 0.1) is 25.3 Å². The van der Waals surface area contributed by atoms with Crippen LogP contribution in [-0.4, -0.2) is 18.1 Å². The maximum absolute atomic E-state index is 11.4. The Balaban J connectivity index is 2.07. The van der Waals surface area contributed by atoms with Crippen LogP contribution in [0.2, 0.25) is 0 Å². The molecule has 0 bridgehead atoms. The molecule has 0 aliphatic carbocycles. The molecule has 0 aliphatic heterocycles. The molecule has 6 heteroatoms. The molecule has 18 heavy (non-hydrogen) atoms. The number of furan rings is 1. The van der Waals surface area contributed by atoms with Crippen molar-refractivity contribution in [2.45, 2.75) is 6.54 Å². The largest absolute Gasteiger partial charge is 0.463 e. The molecular formula is C12H11BrN2O3. The van der Waals surface area contributed by atoms with Gasteiger partial charge in [-0.15, -0.1) is 0 Å². The van der Waals surface area contributed by atoms with Gasteiger partial charge < -0.3 is 14.5 Å². The molecule has 2 aromatic heterocycles. The van der Waals surface area contributed by atoms with Crippen molar-refractivity contribution in [1.29, 1.82) is 0 Å². The van der Waals surface area contributed by atoms with Gasteiger partial charge in [-0.2, -0.15) is 0 Å². The summed E-state index contributed by atoms with van der Waals surface area (Å²) in [6.07, 6.45) is 4.86. The van der Waals surface area contributed by atoms with Gasteiger partial charge in [-0.05, 0) is 28.1 Å². The van der Waals surface area contributed by atoms with Gasteiger partial charge in [-0.1, -0.05) is 0 Å². The number of nitrogens with zero attached hydrogens (tertiary/aromatic N) is 1. The van der Waals surface area contributed by atoms with Crippen molar-refractivity contribution in [1.82, 2.24) is 4.98 Å². The number of aromatic nitrogens is 1. The molecule has 0 unspecified atom stereocenters. The third kappa shape index (κ3) is 2.89. The highest BCUT2D eigenvalue weighted by Crippen LogP contribution is 2.17. The average molecular weight is 311 g/mol. The number of methoxy groups -OCH3 is 1. The Kier molecular flexibility index (Phi) is 3.99. The van der Waals surface area contributed by atoms with Crippen LogP contribution in [0.4, 0.5) is 5.69 Å². The van der Waals surface area contributed by atoms with Gasteiger partial charge in [-0.25, -0.2) is 4.79 Å². The maximum atomic E-state index is 11.4. The quantitative estimate of drug-likeness (QED) is 0.880. The summed E-state index contributed by atoms with van der Waals surface area (Å²) < 4.78 is 10.6. The minimum atomic E-state index is -0.482. The van der Waals surface area contributed by atoms with E-state index in [1.807, 2.05) is 6.07 Å². The Labute approximate surface area is 112 Å². The van der Waals surface area contributed by atoms with E-state index in [1.54, 1.807) is 18.5 Å². The second kappa shape index (κ2) is 5.68. The van der Waals surface area contributed by atoms with E-state index in [0.717, 1.165) is 15.7 Å². The van der Waals surface area contributed by atoms with Gasteiger partial charge in [0.15, 0.2) is 0 Å². The van der Waals surface area contributed by atoms with Gasteiger partial charge in [0.1, 0.15) is 0 Å². The van der Waals surface area contributed by atoms with Crippen molar-refractivity contribution in [2.75, 3.05) is 12.4 Å². The Morgan fingerprint density at radius 1 is 1.56 bits per heavy atom. The molecule has 0 amide bonds. The molecule has 0 fully saturated rings. The average Bonchev–Trinajstić information content (AvgIpc) is 2.84. The Morgan fingerprint density at radius 3 is 3.11 bits per heavy atom. The van der Waals surface area contributed by atoms with Crippen molar-refractivity contribution in [2.24, 2.45) is 0 Å². The molecule has 0 aromatic carbocycles. The molecule has 0 saturated heterocycles. The number of halogens is 1. The lowest BCUT2D eigenvalue weighted by molar-refractivity contribution is 0.0563. The highest BCUT2D eigenvalue weighted by molar-refractivity contribution is 9.10. The van der Waals surface area contributed by atoms with Crippen LogP contribution in [0.25, 0.3) is 0 Å². The molecule has 2 heterocycles. The number of nitrogens with one attached hydrogen (secondary N) is 1. The SMILES string of the molecule is COC(=O)c1occc1CNc1cncc(Br)c1. The molecule has 5 nitrogen and oxygen atoms in total. The normalized spacial score (nSPS) is 10.1. The van der Waals surface area contributed by atoms with E-state index in [2.05, 4.69) is 31.0 Å². The smallest absolute Gasteiger partial charge is 0.374 e. The van der Waals surface area contributed by atoms with Crippen LogP contribution < -0.4 is 5.32 Å². The number of esters is 1. The first kappa shape index (κ1) is 12.6. The zero-order valence-corrected chi connectivity index (χ0v) is 11.2. The van der Waals surface area contributed by atoms with Crippen LogP contribution in [0.15, 0.2) is 39.7 Å². The van der Waals surface area contributed by atoms with Gasteiger partial charge >= 0.3 is 5.97 Å². The standard InChI is InChI=1S/C12H11BrN2O3/c1-17-12(16)11-8(2-3-18-11)5-15-10-4-9(13)6-14-7-10/h2-4,6-7,15H,5H2,1H3. The zero-order valence-electron chi connectivity index (χ0n) is 9.64. The topological polar surface area (TPSA) is 64.4 Å². The first-order valence-corrected chi connectivity index (χ1v) is 5.99. The summed E-state index contributed by atoms with van der Waals surface area (Å²) in [7, 11) is 1.32. The molecule has 94 valence electrons. The van der Waals surface area contributed by atoms with Crippen LogP contribution in [0.1, 0.15) is 16.1 Å². The first-order valence-electron chi connectivity index (χ1n) is 5.20. The number of carbonyl (C=O) groups excluding carboxylic acids is 1. The lowest BCUT2D eigenvalue weighted by Crippen LogP contribution is -2.06. The summed E-state index contributed by atoms with van der Waals surface area (Å²) in [6.45, 7) is 0.457. The number of anilines is 1. The fraction of sp³-hybridized carbons (Fsp3) is 0.167. The van der Waals surface area contributed by atoms with E-state index in [1.165, 1.54) is 13.4 Å². The summed E-state index contributed by atoms with van der Waals surface area (Å²) in [5.74, 6) is -0.267. The fourth-order valence-electron chi connectivity index (χ4n) is 1.45. The van der Waals surface area contributed by atoms with Crippen LogP contribution >= 0.6 is 15.9 Å². The molecule has 0 atom stereocenters. The van der Waals surface area contributed by atoms with Crippen molar-refractivity contribution in [3.05, 3.63) is 46.6 Å². The van der Waals surface area contributed by atoms with Gasteiger partial charge in [0.25, 0.3) is 0 Å². The zero-order chi connectivity index (χ0) is 13.0.